The van der Waals surface area contributed by atoms with E-state index in [1.807, 2.05) is 11.8 Å². The lowest BCUT2D eigenvalue weighted by Crippen LogP contribution is -2.32. The van der Waals surface area contributed by atoms with Crippen molar-refractivity contribution < 1.29 is 14.2 Å². The fourth-order valence-electron chi connectivity index (χ4n) is 5.73. The second-order valence-electron chi connectivity index (χ2n) is 10.8. The minimum atomic E-state index is -0.358. The highest BCUT2D eigenvalue weighted by atomic mass is 32.2. The maximum absolute atomic E-state index is 6.53. The van der Waals surface area contributed by atoms with Crippen LogP contribution in [0.3, 0.4) is 0 Å². The SMILES string of the molecule is CCC(C)c1ccc(OC(OCCOc2ccc(C3CCCCC3)cc2)C2CCSc3ccccc32)cc1. The van der Waals surface area contributed by atoms with Gasteiger partial charge < -0.3 is 14.2 Å². The maximum Gasteiger partial charge on any atom is 0.206 e. The van der Waals surface area contributed by atoms with Crippen LogP contribution in [-0.2, 0) is 4.74 Å². The number of ether oxygens (including phenoxy) is 3. The van der Waals surface area contributed by atoms with Crippen molar-refractivity contribution in [1.82, 2.24) is 0 Å². The molecule has 3 aromatic carbocycles. The molecule has 1 saturated carbocycles. The van der Waals surface area contributed by atoms with Gasteiger partial charge in [-0.3, -0.25) is 0 Å². The third kappa shape index (κ3) is 6.95. The summed E-state index contributed by atoms with van der Waals surface area (Å²) in [7, 11) is 0. The lowest BCUT2D eigenvalue weighted by Gasteiger charge is -2.32. The van der Waals surface area contributed by atoms with Gasteiger partial charge in [0.25, 0.3) is 0 Å². The molecular formula is C34H42O3S. The van der Waals surface area contributed by atoms with E-state index in [-0.39, 0.29) is 12.2 Å². The van der Waals surface area contributed by atoms with Crippen molar-refractivity contribution in [3.05, 3.63) is 89.5 Å². The van der Waals surface area contributed by atoms with Gasteiger partial charge in [-0.2, -0.15) is 0 Å². The largest absolute Gasteiger partial charge is 0.491 e. The molecule has 2 aliphatic rings. The van der Waals surface area contributed by atoms with E-state index in [2.05, 4.69) is 86.6 Å². The standard InChI is InChI=1S/C34H42O3S/c1-3-25(2)26-13-19-30(20-14-26)37-34(32-21-24-38-33-12-8-7-11-31(32)33)36-23-22-35-29-17-15-28(16-18-29)27-9-5-4-6-10-27/h7-8,11-20,25,27,32,34H,3-6,9-10,21-24H2,1-2H3. The zero-order valence-electron chi connectivity index (χ0n) is 22.9. The fourth-order valence-corrected chi connectivity index (χ4v) is 6.88. The van der Waals surface area contributed by atoms with Crippen LogP contribution < -0.4 is 9.47 Å². The number of rotatable bonds is 11. The first-order chi connectivity index (χ1) is 18.7. The van der Waals surface area contributed by atoms with E-state index in [4.69, 9.17) is 14.2 Å². The molecule has 0 radical (unpaired) electrons. The van der Waals surface area contributed by atoms with Gasteiger partial charge in [-0.15, -0.1) is 11.8 Å². The first-order valence-corrected chi connectivity index (χ1v) is 15.5. The van der Waals surface area contributed by atoms with E-state index in [1.54, 1.807) is 0 Å². The van der Waals surface area contributed by atoms with Crippen LogP contribution in [-0.4, -0.2) is 25.3 Å². The monoisotopic (exact) mass is 530 g/mol. The summed E-state index contributed by atoms with van der Waals surface area (Å²) >= 11 is 1.92. The van der Waals surface area contributed by atoms with E-state index >= 15 is 0 Å². The molecule has 3 atom stereocenters. The van der Waals surface area contributed by atoms with E-state index in [0.29, 0.717) is 19.1 Å². The van der Waals surface area contributed by atoms with Gasteiger partial charge in [-0.05, 0) is 90.3 Å². The molecule has 5 rings (SSSR count). The van der Waals surface area contributed by atoms with Crippen LogP contribution in [0.4, 0.5) is 0 Å². The molecule has 3 nitrogen and oxygen atoms in total. The molecule has 1 fully saturated rings. The van der Waals surface area contributed by atoms with E-state index in [0.717, 1.165) is 36.0 Å². The third-order valence-electron chi connectivity index (χ3n) is 8.24. The van der Waals surface area contributed by atoms with Crippen LogP contribution in [0.5, 0.6) is 11.5 Å². The maximum atomic E-state index is 6.53. The zero-order valence-corrected chi connectivity index (χ0v) is 23.8. The van der Waals surface area contributed by atoms with Crippen LogP contribution in [0.25, 0.3) is 0 Å². The summed E-state index contributed by atoms with van der Waals surface area (Å²) in [5.41, 5.74) is 4.12. The van der Waals surface area contributed by atoms with Gasteiger partial charge in [-0.25, -0.2) is 0 Å². The lowest BCUT2D eigenvalue weighted by atomic mass is 9.84. The topological polar surface area (TPSA) is 27.7 Å². The Balaban J connectivity index is 1.22. The Kier molecular flexibility index (Phi) is 9.70. The lowest BCUT2D eigenvalue weighted by molar-refractivity contribution is -0.103. The molecule has 0 amide bonds. The Morgan fingerprint density at radius 3 is 2.32 bits per heavy atom. The van der Waals surface area contributed by atoms with Gasteiger partial charge in [-0.1, -0.05) is 75.6 Å². The van der Waals surface area contributed by atoms with Crippen molar-refractivity contribution in [3.8, 4) is 11.5 Å². The van der Waals surface area contributed by atoms with Gasteiger partial charge in [0.1, 0.15) is 18.1 Å². The zero-order chi connectivity index (χ0) is 26.2. The Hall–Kier alpha value is -2.43. The first-order valence-electron chi connectivity index (χ1n) is 14.5. The van der Waals surface area contributed by atoms with Crippen LogP contribution in [0.15, 0.2) is 77.7 Å². The minimum absolute atomic E-state index is 0.191. The molecule has 0 saturated heterocycles. The van der Waals surface area contributed by atoms with Gasteiger partial charge >= 0.3 is 0 Å². The predicted octanol–water partition coefficient (Wildman–Crippen LogP) is 9.33. The molecule has 202 valence electrons. The molecule has 38 heavy (non-hydrogen) atoms. The van der Waals surface area contributed by atoms with Crippen molar-refractivity contribution in [3.63, 3.8) is 0 Å². The Morgan fingerprint density at radius 2 is 1.55 bits per heavy atom. The highest BCUT2D eigenvalue weighted by molar-refractivity contribution is 7.99. The molecule has 0 N–H and O–H groups in total. The fraction of sp³-hybridized carbons (Fsp3) is 0.471. The van der Waals surface area contributed by atoms with Crippen molar-refractivity contribution in [2.45, 2.75) is 87.7 Å². The minimum Gasteiger partial charge on any atom is -0.491 e. The average Bonchev–Trinajstić information content (AvgIpc) is 2.99. The highest BCUT2D eigenvalue weighted by Crippen LogP contribution is 2.40. The summed E-state index contributed by atoms with van der Waals surface area (Å²) in [6, 6.07) is 26.0. The number of benzene rings is 3. The van der Waals surface area contributed by atoms with Crippen LogP contribution >= 0.6 is 11.8 Å². The molecule has 3 aromatic rings. The van der Waals surface area contributed by atoms with Gasteiger partial charge in [0.05, 0.1) is 6.61 Å². The van der Waals surface area contributed by atoms with Crippen LogP contribution in [0.2, 0.25) is 0 Å². The van der Waals surface area contributed by atoms with Gasteiger partial charge in [0.15, 0.2) is 0 Å². The van der Waals surface area contributed by atoms with Crippen LogP contribution in [0, 0.1) is 0 Å². The van der Waals surface area contributed by atoms with Crippen molar-refractivity contribution >= 4 is 11.8 Å². The van der Waals surface area contributed by atoms with Crippen LogP contribution in [0.1, 0.15) is 93.2 Å². The summed E-state index contributed by atoms with van der Waals surface area (Å²) in [6.07, 6.45) is 8.54. The Bertz CT molecular complexity index is 1120. The summed E-state index contributed by atoms with van der Waals surface area (Å²) < 4.78 is 19.0. The molecule has 3 unspecified atom stereocenters. The highest BCUT2D eigenvalue weighted by Gasteiger charge is 2.30. The third-order valence-corrected chi connectivity index (χ3v) is 9.36. The first kappa shape index (κ1) is 27.1. The molecule has 0 spiro atoms. The predicted molar refractivity (Wildman–Crippen MR) is 158 cm³/mol. The molecule has 1 aliphatic heterocycles. The average molecular weight is 531 g/mol. The van der Waals surface area contributed by atoms with Crippen molar-refractivity contribution in [1.29, 1.82) is 0 Å². The molecule has 4 heteroatoms. The number of fused-ring (bicyclic) bond motifs is 1. The van der Waals surface area contributed by atoms with Crippen molar-refractivity contribution in [2.75, 3.05) is 19.0 Å². The molecule has 1 heterocycles. The molecule has 0 bridgehead atoms. The second kappa shape index (κ2) is 13.6. The van der Waals surface area contributed by atoms with Gasteiger partial charge in [0.2, 0.25) is 6.29 Å². The quantitative estimate of drug-likeness (QED) is 0.182. The number of hydrogen-bond donors (Lipinski definition) is 0. The normalized spacial score (nSPS) is 19.4. The summed E-state index contributed by atoms with van der Waals surface area (Å²) in [6.45, 7) is 5.47. The number of hydrogen-bond acceptors (Lipinski definition) is 4. The smallest absolute Gasteiger partial charge is 0.206 e. The summed E-state index contributed by atoms with van der Waals surface area (Å²) in [5.74, 6) is 4.29. The number of thioether (sulfide) groups is 1. The Morgan fingerprint density at radius 1 is 0.816 bits per heavy atom. The Labute approximate surface area is 233 Å². The summed E-state index contributed by atoms with van der Waals surface area (Å²) in [5, 5.41) is 0. The molecular weight excluding hydrogens is 488 g/mol. The van der Waals surface area contributed by atoms with Crippen molar-refractivity contribution in [2.24, 2.45) is 0 Å². The molecule has 1 aliphatic carbocycles. The summed E-state index contributed by atoms with van der Waals surface area (Å²) in [4.78, 5) is 1.34. The second-order valence-corrected chi connectivity index (χ2v) is 11.9. The van der Waals surface area contributed by atoms with E-state index in [1.165, 1.54) is 53.7 Å². The van der Waals surface area contributed by atoms with Gasteiger partial charge in [0, 0.05) is 10.8 Å². The van der Waals surface area contributed by atoms with E-state index in [9.17, 15) is 0 Å². The molecule has 0 aromatic heterocycles. The van der Waals surface area contributed by atoms with E-state index < -0.39 is 0 Å².